The van der Waals surface area contributed by atoms with Crippen LogP contribution in [0.25, 0.3) is 10.2 Å². The van der Waals surface area contributed by atoms with E-state index in [4.69, 9.17) is 4.74 Å². The third kappa shape index (κ3) is 5.40. The first-order valence-electron chi connectivity index (χ1n) is 9.16. The van der Waals surface area contributed by atoms with Crippen molar-refractivity contribution in [1.29, 1.82) is 0 Å². The summed E-state index contributed by atoms with van der Waals surface area (Å²) < 4.78 is 6.42. The van der Waals surface area contributed by atoms with Crippen molar-refractivity contribution in [1.82, 2.24) is 20.1 Å². The van der Waals surface area contributed by atoms with Crippen molar-refractivity contribution < 1.29 is 14.3 Å². The fourth-order valence-electron chi connectivity index (χ4n) is 2.85. The highest BCUT2D eigenvalue weighted by Crippen LogP contribution is 2.21. The van der Waals surface area contributed by atoms with E-state index < -0.39 is 5.60 Å². The maximum atomic E-state index is 12.3. The molecule has 1 N–H and O–H groups in total. The number of nitrogens with one attached hydrogen (secondary N) is 1. The highest BCUT2D eigenvalue weighted by Gasteiger charge is 2.25. The number of aromatic nitrogens is 1. The van der Waals surface area contributed by atoms with Gasteiger partial charge in [0, 0.05) is 39.3 Å². The Morgan fingerprint density at radius 3 is 2.56 bits per heavy atom. The summed E-state index contributed by atoms with van der Waals surface area (Å²) in [4.78, 5) is 32.7. The number of benzene rings is 1. The van der Waals surface area contributed by atoms with E-state index in [-0.39, 0.29) is 12.0 Å². The average molecular weight is 391 g/mol. The number of para-hydroxylation sites is 1. The van der Waals surface area contributed by atoms with Crippen LogP contribution in [0.15, 0.2) is 24.3 Å². The van der Waals surface area contributed by atoms with E-state index >= 15 is 0 Å². The largest absolute Gasteiger partial charge is 0.444 e. The first-order chi connectivity index (χ1) is 12.8. The highest BCUT2D eigenvalue weighted by molar-refractivity contribution is 7.20. The molecule has 1 fully saturated rings. The molecular weight excluding hydrogens is 364 g/mol. The van der Waals surface area contributed by atoms with Crippen molar-refractivity contribution in [2.75, 3.05) is 39.3 Å². The van der Waals surface area contributed by atoms with Gasteiger partial charge in [0.1, 0.15) is 5.60 Å². The van der Waals surface area contributed by atoms with Gasteiger partial charge in [-0.1, -0.05) is 12.1 Å². The molecule has 1 saturated heterocycles. The summed E-state index contributed by atoms with van der Waals surface area (Å²) in [5.41, 5.74) is 0.380. The molecule has 0 spiro atoms. The van der Waals surface area contributed by atoms with Crippen molar-refractivity contribution in [3.63, 3.8) is 0 Å². The molecule has 0 atom stereocenters. The summed E-state index contributed by atoms with van der Waals surface area (Å²) in [5, 5.41) is 3.43. The van der Waals surface area contributed by atoms with Crippen LogP contribution in [-0.4, -0.2) is 71.7 Å². The molecule has 0 saturated carbocycles. The lowest BCUT2D eigenvalue weighted by Crippen LogP contribution is -2.51. The number of hydrogen-bond acceptors (Lipinski definition) is 6. The van der Waals surface area contributed by atoms with Gasteiger partial charge in [0.2, 0.25) is 0 Å². The predicted molar refractivity (Wildman–Crippen MR) is 106 cm³/mol. The summed E-state index contributed by atoms with van der Waals surface area (Å²) in [5.74, 6) is -0.136. The molecule has 0 aliphatic carbocycles. The quantitative estimate of drug-likeness (QED) is 0.869. The van der Waals surface area contributed by atoms with Gasteiger partial charge in [0.25, 0.3) is 5.91 Å². The molecule has 0 radical (unpaired) electrons. The van der Waals surface area contributed by atoms with Gasteiger partial charge in [0.15, 0.2) is 5.01 Å². The molecular formula is C19H26N4O3S. The molecule has 2 aromatic rings. The van der Waals surface area contributed by atoms with Crippen molar-refractivity contribution in [2.45, 2.75) is 26.4 Å². The SMILES string of the molecule is CC(C)(C)OC(=O)N1CCN(CCNC(=O)c2nc3ccccc3s2)CC1. The number of rotatable bonds is 4. The second-order valence-corrected chi connectivity index (χ2v) is 8.58. The van der Waals surface area contributed by atoms with E-state index in [2.05, 4.69) is 15.2 Å². The van der Waals surface area contributed by atoms with E-state index in [0.29, 0.717) is 24.6 Å². The minimum Gasteiger partial charge on any atom is -0.444 e. The van der Waals surface area contributed by atoms with Crippen LogP contribution in [0.5, 0.6) is 0 Å². The Morgan fingerprint density at radius 2 is 1.89 bits per heavy atom. The van der Waals surface area contributed by atoms with E-state index in [1.165, 1.54) is 11.3 Å². The second-order valence-electron chi connectivity index (χ2n) is 7.55. The number of hydrogen-bond donors (Lipinski definition) is 1. The van der Waals surface area contributed by atoms with Gasteiger partial charge in [-0.15, -0.1) is 11.3 Å². The van der Waals surface area contributed by atoms with Crippen LogP contribution < -0.4 is 5.32 Å². The maximum Gasteiger partial charge on any atom is 0.410 e. The summed E-state index contributed by atoms with van der Waals surface area (Å²) in [6.45, 7) is 9.74. The summed E-state index contributed by atoms with van der Waals surface area (Å²) in [6.07, 6.45) is -0.258. The van der Waals surface area contributed by atoms with Crippen LogP contribution in [0, 0.1) is 0 Å². The Balaban J connectivity index is 1.40. The second kappa shape index (κ2) is 8.22. The fourth-order valence-corrected chi connectivity index (χ4v) is 3.74. The van der Waals surface area contributed by atoms with Gasteiger partial charge < -0.3 is 15.0 Å². The molecule has 1 aliphatic rings. The highest BCUT2D eigenvalue weighted by atomic mass is 32.1. The lowest BCUT2D eigenvalue weighted by molar-refractivity contribution is 0.0147. The molecule has 1 aromatic heterocycles. The fraction of sp³-hybridized carbons (Fsp3) is 0.526. The van der Waals surface area contributed by atoms with Crippen LogP contribution in [0.2, 0.25) is 0 Å². The van der Waals surface area contributed by atoms with Gasteiger partial charge in [-0.3, -0.25) is 9.69 Å². The van der Waals surface area contributed by atoms with Gasteiger partial charge in [0.05, 0.1) is 10.2 Å². The summed E-state index contributed by atoms with van der Waals surface area (Å²) in [7, 11) is 0. The molecule has 0 bridgehead atoms. The lowest BCUT2D eigenvalue weighted by atomic mass is 10.2. The zero-order valence-electron chi connectivity index (χ0n) is 16.0. The molecule has 1 aromatic carbocycles. The van der Waals surface area contributed by atoms with Crippen molar-refractivity contribution in [3.05, 3.63) is 29.3 Å². The van der Waals surface area contributed by atoms with Crippen LogP contribution in [0.3, 0.4) is 0 Å². The molecule has 1 aliphatic heterocycles. The van der Waals surface area contributed by atoms with Crippen LogP contribution in [-0.2, 0) is 4.74 Å². The lowest BCUT2D eigenvalue weighted by Gasteiger charge is -2.35. The first-order valence-corrected chi connectivity index (χ1v) is 9.97. The summed E-state index contributed by atoms with van der Waals surface area (Å²) >= 11 is 1.40. The number of nitrogens with zero attached hydrogens (tertiary/aromatic N) is 3. The van der Waals surface area contributed by atoms with E-state index in [9.17, 15) is 9.59 Å². The van der Waals surface area contributed by atoms with Crippen LogP contribution in [0.1, 0.15) is 30.6 Å². The molecule has 27 heavy (non-hydrogen) atoms. The number of amides is 2. The number of piperazine rings is 1. The third-order valence-corrected chi connectivity index (χ3v) is 5.26. The Morgan fingerprint density at radius 1 is 1.19 bits per heavy atom. The van der Waals surface area contributed by atoms with Crippen molar-refractivity contribution in [2.24, 2.45) is 0 Å². The zero-order valence-corrected chi connectivity index (χ0v) is 16.8. The third-order valence-electron chi connectivity index (χ3n) is 4.23. The molecule has 7 nitrogen and oxygen atoms in total. The van der Waals surface area contributed by atoms with E-state index in [1.807, 2.05) is 45.0 Å². The molecule has 146 valence electrons. The Hall–Kier alpha value is -2.19. The molecule has 3 rings (SSSR count). The topological polar surface area (TPSA) is 74.8 Å². The molecule has 0 unspecified atom stereocenters. The standard InChI is InChI=1S/C19H26N4O3S/c1-19(2,3)26-18(25)23-12-10-22(11-13-23)9-8-20-16(24)17-21-14-6-4-5-7-15(14)27-17/h4-7H,8-13H2,1-3H3,(H,20,24). The zero-order chi connectivity index (χ0) is 19.4. The van der Waals surface area contributed by atoms with Crippen LogP contribution in [0.4, 0.5) is 4.79 Å². The Labute approximate surface area is 163 Å². The molecule has 2 amide bonds. The minimum absolute atomic E-state index is 0.136. The Bertz CT molecular complexity index is 774. The number of carbonyl (C=O) groups excluding carboxylic acids is 2. The summed E-state index contributed by atoms with van der Waals surface area (Å²) in [6, 6.07) is 7.74. The van der Waals surface area contributed by atoms with Crippen molar-refractivity contribution >= 4 is 33.6 Å². The van der Waals surface area contributed by atoms with Gasteiger partial charge in [-0.2, -0.15) is 0 Å². The van der Waals surface area contributed by atoms with Crippen LogP contribution >= 0.6 is 11.3 Å². The Kier molecular flexibility index (Phi) is 5.96. The maximum absolute atomic E-state index is 12.3. The average Bonchev–Trinajstić information content (AvgIpc) is 3.05. The molecule has 2 heterocycles. The smallest absolute Gasteiger partial charge is 0.410 e. The number of thiazole rings is 1. The van der Waals surface area contributed by atoms with Crippen molar-refractivity contribution in [3.8, 4) is 0 Å². The van der Waals surface area contributed by atoms with Gasteiger partial charge in [-0.05, 0) is 32.9 Å². The van der Waals surface area contributed by atoms with Gasteiger partial charge in [-0.25, -0.2) is 9.78 Å². The van der Waals surface area contributed by atoms with E-state index in [0.717, 1.165) is 29.9 Å². The van der Waals surface area contributed by atoms with E-state index in [1.54, 1.807) is 4.90 Å². The monoisotopic (exact) mass is 390 g/mol. The first kappa shape index (κ1) is 19.6. The number of ether oxygens (including phenoxy) is 1. The van der Waals surface area contributed by atoms with Gasteiger partial charge >= 0.3 is 6.09 Å². The number of carbonyl (C=O) groups is 2. The normalized spacial score (nSPS) is 15.7. The minimum atomic E-state index is -0.473. The number of fused-ring (bicyclic) bond motifs is 1. The predicted octanol–water partition coefficient (Wildman–Crippen LogP) is 2.58. The molecule has 8 heteroatoms.